The quantitative estimate of drug-likeness (QED) is 0.506. The Hall–Kier alpha value is -4.22. The van der Waals surface area contributed by atoms with Crippen molar-refractivity contribution in [2.45, 2.75) is 20.0 Å². The molecule has 8 nitrogen and oxygen atoms in total. The summed E-state index contributed by atoms with van der Waals surface area (Å²) in [5, 5.41) is 9.73. The van der Waals surface area contributed by atoms with Crippen molar-refractivity contribution >= 4 is 23.5 Å². The van der Waals surface area contributed by atoms with Gasteiger partial charge in [-0.3, -0.25) is 9.59 Å². The minimum Gasteiger partial charge on any atom is -0.475 e. The number of aliphatic carboxylic acids is 1. The highest BCUT2D eigenvalue weighted by Gasteiger charge is 2.38. The van der Waals surface area contributed by atoms with Crippen molar-refractivity contribution in [2.75, 3.05) is 5.32 Å². The van der Waals surface area contributed by atoms with Crippen LogP contribution >= 0.6 is 0 Å². The number of hydrogen-bond acceptors (Lipinski definition) is 4. The second-order valence-electron chi connectivity index (χ2n) is 6.62. The van der Waals surface area contributed by atoms with Gasteiger partial charge >= 0.3 is 12.1 Å². The highest BCUT2D eigenvalue weighted by atomic mass is 19.4. The van der Waals surface area contributed by atoms with Gasteiger partial charge in [-0.1, -0.05) is 6.07 Å². The van der Waals surface area contributed by atoms with Crippen LogP contribution in [0.4, 0.5) is 23.2 Å². The number of rotatable bonds is 4. The molecule has 0 unspecified atom stereocenters. The zero-order valence-electron chi connectivity index (χ0n) is 17.3. The lowest BCUT2D eigenvalue weighted by atomic mass is 10.1. The van der Waals surface area contributed by atoms with Crippen molar-refractivity contribution in [1.82, 2.24) is 9.55 Å². The van der Waals surface area contributed by atoms with Gasteiger partial charge in [-0.25, -0.2) is 14.2 Å². The molecular weight excluding hydrogens is 448 g/mol. The Morgan fingerprint density at radius 3 is 2.03 bits per heavy atom. The average molecular weight is 466 g/mol. The van der Waals surface area contributed by atoms with Gasteiger partial charge in [0.05, 0.1) is 23.1 Å². The van der Waals surface area contributed by atoms with Gasteiger partial charge in [-0.2, -0.15) is 13.2 Å². The Morgan fingerprint density at radius 1 is 1.03 bits per heavy atom. The van der Waals surface area contributed by atoms with Gasteiger partial charge in [0.25, 0.3) is 11.8 Å². The van der Waals surface area contributed by atoms with E-state index in [1.54, 1.807) is 18.5 Å². The van der Waals surface area contributed by atoms with Gasteiger partial charge in [0.1, 0.15) is 5.82 Å². The lowest BCUT2D eigenvalue weighted by Crippen LogP contribution is -2.21. The minimum atomic E-state index is -5.08. The third-order valence-electron chi connectivity index (χ3n) is 4.41. The molecule has 0 radical (unpaired) electrons. The topological polar surface area (TPSA) is 127 Å². The summed E-state index contributed by atoms with van der Waals surface area (Å²) in [7, 11) is 0. The van der Waals surface area contributed by atoms with E-state index in [0.29, 0.717) is 5.69 Å². The van der Waals surface area contributed by atoms with Crippen molar-refractivity contribution < 1.29 is 37.1 Å². The third kappa shape index (κ3) is 6.15. The van der Waals surface area contributed by atoms with Crippen LogP contribution in [0.15, 0.2) is 48.8 Å². The number of amides is 2. The third-order valence-corrected chi connectivity index (χ3v) is 4.41. The number of halogens is 4. The number of carbonyl (C=O) groups excluding carboxylic acids is 2. The fourth-order valence-corrected chi connectivity index (χ4v) is 2.56. The molecule has 174 valence electrons. The summed E-state index contributed by atoms with van der Waals surface area (Å²) < 4.78 is 47.9. The molecule has 1 heterocycles. The Labute approximate surface area is 184 Å². The molecule has 0 saturated carbocycles. The molecule has 12 heteroatoms. The fraction of sp³-hybridized carbons (Fsp3) is 0.143. The maximum absolute atomic E-state index is 14.2. The summed E-state index contributed by atoms with van der Waals surface area (Å²) in [5.74, 6) is -5.27. The van der Waals surface area contributed by atoms with Crippen LogP contribution < -0.4 is 11.1 Å². The summed E-state index contributed by atoms with van der Waals surface area (Å²) in [6.45, 7) is 3.89. The van der Waals surface area contributed by atoms with E-state index >= 15 is 0 Å². The Morgan fingerprint density at radius 2 is 1.58 bits per heavy atom. The molecule has 0 aliphatic carbocycles. The normalized spacial score (nSPS) is 10.7. The number of carboxylic acid groups (broad SMARTS) is 1. The number of nitrogens with zero attached hydrogens (tertiary/aromatic N) is 2. The van der Waals surface area contributed by atoms with Gasteiger partial charge < -0.3 is 20.7 Å². The number of nitrogens with one attached hydrogen (secondary N) is 1. The number of primary amides is 1. The highest BCUT2D eigenvalue weighted by molar-refractivity contribution is 6.06. The number of alkyl halides is 3. The molecule has 0 aliphatic rings. The number of carboxylic acids is 1. The monoisotopic (exact) mass is 466 g/mol. The van der Waals surface area contributed by atoms with Crippen molar-refractivity contribution in [2.24, 2.45) is 5.73 Å². The standard InChI is InChI=1S/C19H17FN4O2.C2HF3O2/c1-11-12(2)24(10-22-11)14-8-6-13(7-9-14)23-19(26)16-5-3-4-15(17(16)20)18(21)25;3-2(4,5)1(6)7/h3-10H,1-2H3,(H2,21,25)(H,23,26);(H,6,7). The zero-order chi connectivity index (χ0) is 24.9. The highest BCUT2D eigenvalue weighted by Crippen LogP contribution is 2.19. The SMILES string of the molecule is Cc1ncn(-c2ccc(NC(=O)c3cccc(C(N)=O)c3F)cc2)c1C.O=C(O)C(F)(F)F. The van der Waals surface area contributed by atoms with Crippen LogP contribution in [0.5, 0.6) is 0 Å². The summed E-state index contributed by atoms with van der Waals surface area (Å²) in [6, 6.07) is 11.0. The molecule has 0 atom stereocenters. The second-order valence-corrected chi connectivity index (χ2v) is 6.62. The molecule has 0 saturated heterocycles. The first-order valence-electron chi connectivity index (χ1n) is 9.13. The number of hydrogen-bond donors (Lipinski definition) is 3. The van der Waals surface area contributed by atoms with E-state index in [-0.39, 0.29) is 11.1 Å². The van der Waals surface area contributed by atoms with E-state index in [2.05, 4.69) is 10.3 Å². The largest absolute Gasteiger partial charge is 0.490 e. The molecule has 33 heavy (non-hydrogen) atoms. The van der Waals surface area contributed by atoms with E-state index in [9.17, 15) is 27.2 Å². The molecule has 3 aromatic rings. The van der Waals surface area contributed by atoms with E-state index < -0.39 is 29.8 Å². The number of benzene rings is 2. The molecule has 3 rings (SSSR count). The van der Waals surface area contributed by atoms with Crippen LogP contribution in [-0.2, 0) is 4.79 Å². The predicted molar refractivity (Wildman–Crippen MR) is 110 cm³/mol. The predicted octanol–water partition coefficient (Wildman–Crippen LogP) is 3.61. The molecular formula is C21H18F4N4O4. The van der Waals surface area contributed by atoms with Gasteiger partial charge in [0, 0.05) is 17.1 Å². The molecule has 0 fully saturated rings. The van der Waals surface area contributed by atoms with Crippen molar-refractivity contribution in [1.29, 1.82) is 0 Å². The molecule has 1 aromatic heterocycles. The van der Waals surface area contributed by atoms with Crippen LogP contribution in [0.25, 0.3) is 5.69 Å². The van der Waals surface area contributed by atoms with E-state index in [4.69, 9.17) is 15.6 Å². The number of anilines is 1. The van der Waals surface area contributed by atoms with Crippen LogP contribution in [0.3, 0.4) is 0 Å². The first-order valence-corrected chi connectivity index (χ1v) is 9.13. The fourth-order valence-electron chi connectivity index (χ4n) is 2.56. The summed E-state index contributed by atoms with van der Waals surface area (Å²) in [6.07, 6.45) is -3.36. The molecule has 0 bridgehead atoms. The lowest BCUT2D eigenvalue weighted by Gasteiger charge is -2.10. The number of nitrogens with two attached hydrogens (primary N) is 1. The Kier molecular flexibility index (Phi) is 7.54. The second kappa shape index (κ2) is 9.94. The number of aromatic nitrogens is 2. The van der Waals surface area contributed by atoms with Gasteiger partial charge in [0.2, 0.25) is 0 Å². The van der Waals surface area contributed by atoms with Gasteiger partial charge in [-0.15, -0.1) is 0 Å². The minimum absolute atomic E-state index is 0.244. The summed E-state index contributed by atoms with van der Waals surface area (Å²) in [5.41, 5.74) is 7.89. The van der Waals surface area contributed by atoms with Crippen molar-refractivity contribution in [3.8, 4) is 5.69 Å². The van der Waals surface area contributed by atoms with Crippen molar-refractivity contribution in [3.05, 3.63) is 77.1 Å². The van der Waals surface area contributed by atoms with E-state index in [0.717, 1.165) is 17.1 Å². The van der Waals surface area contributed by atoms with Crippen molar-refractivity contribution in [3.63, 3.8) is 0 Å². The van der Waals surface area contributed by atoms with E-state index in [1.165, 1.54) is 18.2 Å². The number of imidazole rings is 1. The summed E-state index contributed by atoms with van der Waals surface area (Å²) in [4.78, 5) is 36.6. The Bertz CT molecular complexity index is 1190. The van der Waals surface area contributed by atoms with E-state index in [1.807, 2.05) is 30.5 Å². The molecule has 4 N–H and O–H groups in total. The molecule has 0 aliphatic heterocycles. The summed E-state index contributed by atoms with van der Waals surface area (Å²) >= 11 is 0. The Balaban J connectivity index is 0.000000479. The van der Waals surface area contributed by atoms with Crippen LogP contribution in [0, 0.1) is 19.7 Å². The number of carbonyl (C=O) groups is 3. The van der Waals surface area contributed by atoms with Gasteiger partial charge in [0.15, 0.2) is 0 Å². The smallest absolute Gasteiger partial charge is 0.475 e. The molecule has 0 spiro atoms. The van der Waals surface area contributed by atoms with Crippen LogP contribution in [0.1, 0.15) is 32.1 Å². The van der Waals surface area contributed by atoms with Crippen LogP contribution in [0.2, 0.25) is 0 Å². The average Bonchev–Trinajstić information content (AvgIpc) is 3.06. The maximum Gasteiger partial charge on any atom is 0.490 e. The first kappa shape index (κ1) is 25.0. The zero-order valence-corrected chi connectivity index (χ0v) is 17.3. The molecule has 2 aromatic carbocycles. The first-order chi connectivity index (χ1) is 15.3. The lowest BCUT2D eigenvalue weighted by molar-refractivity contribution is -0.192. The van der Waals surface area contributed by atoms with Gasteiger partial charge in [-0.05, 0) is 50.2 Å². The maximum atomic E-state index is 14.2. The van der Waals surface area contributed by atoms with Crippen LogP contribution in [-0.4, -0.2) is 38.6 Å². The number of aryl methyl sites for hydroxylation is 1. The molecule has 2 amide bonds.